The van der Waals surface area contributed by atoms with Crippen LogP contribution in [-0.4, -0.2) is 20.2 Å². The molecule has 23 heavy (non-hydrogen) atoms. The zero-order valence-corrected chi connectivity index (χ0v) is 13.8. The molecule has 1 saturated carbocycles. The fourth-order valence-electron chi connectivity index (χ4n) is 2.57. The van der Waals surface area contributed by atoms with E-state index >= 15 is 0 Å². The zero-order valence-electron chi connectivity index (χ0n) is 12.9. The second-order valence-corrected chi connectivity index (χ2v) is 6.89. The van der Waals surface area contributed by atoms with Crippen LogP contribution in [0.25, 0.3) is 11.0 Å². The van der Waals surface area contributed by atoms with Gasteiger partial charge in [0, 0.05) is 17.2 Å². The molecule has 4 rings (SSSR count). The Morgan fingerprint density at radius 2 is 2.04 bits per heavy atom. The maximum absolute atomic E-state index is 11.8. The molecule has 1 fully saturated rings. The van der Waals surface area contributed by atoms with Crippen LogP contribution in [0.5, 0.6) is 0 Å². The van der Waals surface area contributed by atoms with Crippen molar-refractivity contribution in [3.05, 3.63) is 45.3 Å². The van der Waals surface area contributed by atoms with E-state index in [9.17, 15) is 4.79 Å². The van der Waals surface area contributed by atoms with Crippen LogP contribution in [0.1, 0.15) is 35.6 Å². The van der Waals surface area contributed by atoms with Gasteiger partial charge in [0.1, 0.15) is 5.58 Å². The normalized spacial score (nSPS) is 14.5. The summed E-state index contributed by atoms with van der Waals surface area (Å²) >= 11 is 1.56. The fraction of sp³-hybridized carbons (Fsp3) is 0.375. The highest BCUT2D eigenvalue weighted by Crippen LogP contribution is 2.37. The van der Waals surface area contributed by atoms with Crippen molar-refractivity contribution in [2.45, 2.75) is 43.6 Å². The molecular weight excluding hydrogens is 312 g/mol. The minimum Gasteiger partial charge on any atom is -0.423 e. The number of rotatable bonds is 4. The first-order valence-electron chi connectivity index (χ1n) is 7.56. The smallest absolute Gasteiger partial charge is 0.336 e. The van der Waals surface area contributed by atoms with Gasteiger partial charge in [0.05, 0.1) is 6.04 Å². The number of thioether (sulfide) groups is 1. The first kappa shape index (κ1) is 14.4. The third-order valence-electron chi connectivity index (χ3n) is 4.16. The Hall–Kier alpha value is -2.15. The Kier molecular flexibility index (Phi) is 3.45. The monoisotopic (exact) mass is 328 g/mol. The number of fused-ring (bicyclic) bond motifs is 1. The quantitative estimate of drug-likeness (QED) is 0.541. The van der Waals surface area contributed by atoms with Crippen LogP contribution < -0.4 is 5.63 Å². The largest absolute Gasteiger partial charge is 0.423 e. The number of aryl methyl sites for hydroxylation is 2. The molecule has 7 heteroatoms. The number of benzene rings is 1. The SMILES string of the molecule is Cc1cc2oc(=O)cc(CSc3nnnn3C3CC3)c2cc1C. The van der Waals surface area contributed by atoms with E-state index in [-0.39, 0.29) is 5.63 Å². The molecule has 2 heterocycles. The Morgan fingerprint density at radius 3 is 2.83 bits per heavy atom. The van der Waals surface area contributed by atoms with Gasteiger partial charge in [-0.05, 0) is 65.9 Å². The molecule has 0 bridgehead atoms. The molecule has 118 valence electrons. The van der Waals surface area contributed by atoms with Crippen molar-refractivity contribution in [3.63, 3.8) is 0 Å². The van der Waals surface area contributed by atoms with Crippen LogP contribution in [0.4, 0.5) is 0 Å². The summed E-state index contributed by atoms with van der Waals surface area (Å²) in [6.07, 6.45) is 2.27. The summed E-state index contributed by atoms with van der Waals surface area (Å²) < 4.78 is 7.22. The highest BCUT2D eigenvalue weighted by atomic mass is 32.2. The number of hydrogen-bond acceptors (Lipinski definition) is 6. The molecule has 0 amide bonds. The molecule has 1 aromatic carbocycles. The average Bonchev–Trinajstić information content (AvgIpc) is 3.25. The molecule has 0 atom stereocenters. The van der Waals surface area contributed by atoms with Crippen molar-refractivity contribution >= 4 is 22.7 Å². The molecule has 0 radical (unpaired) electrons. The lowest BCUT2D eigenvalue weighted by Gasteiger charge is -2.08. The molecule has 1 aliphatic carbocycles. The van der Waals surface area contributed by atoms with E-state index in [2.05, 4.69) is 28.5 Å². The van der Waals surface area contributed by atoms with Crippen molar-refractivity contribution in [1.82, 2.24) is 20.2 Å². The van der Waals surface area contributed by atoms with Gasteiger partial charge in [-0.15, -0.1) is 5.10 Å². The van der Waals surface area contributed by atoms with Gasteiger partial charge in [-0.25, -0.2) is 9.48 Å². The summed E-state index contributed by atoms with van der Waals surface area (Å²) in [7, 11) is 0. The minimum atomic E-state index is -0.321. The predicted molar refractivity (Wildman–Crippen MR) is 87.6 cm³/mol. The summed E-state index contributed by atoms with van der Waals surface area (Å²) in [4.78, 5) is 11.8. The maximum Gasteiger partial charge on any atom is 0.336 e. The van der Waals surface area contributed by atoms with Gasteiger partial charge in [0.25, 0.3) is 0 Å². The number of hydrogen-bond donors (Lipinski definition) is 0. The van der Waals surface area contributed by atoms with Crippen LogP contribution in [0.15, 0.2) is 32.6 Å². The zero-order chi connectivity index (χ0) is 16.0. The highest BCUT2D eigenvalue weighted by molar-refractivity contribution is 7.98. The number of aromatic nitrogens is 4. The van der Waals surface area contributed by atoms with Crippen molar-refractivity contribution < 1.29 is 4.42 Å². The van der Waals surface area contributed by atoms with Gasteiger partial charge < -0.3 is 4.42 Å². The van der Waals surface area contributed by atoms with E-state index in [0.29, 0.717) is 17.4 Å². The van der Waals surface area contributed by atoms with Gasteiger partial charge in [0.15, 0.2) is 0 Å². The van der Waals surface area contributed by atoms with Gasteiger partial charge in [-0.1, -0.05) is 11.8 Å². The van der Waals surface area contributed by atoms with E-state index in [1.165, 1.54) is 5.56 Å². The summed E-state index contributed by atoms with van der Waals surface area (Å²) in [5.74, 6) is 0.637. The fourth-order valence-corrected chi connectivity index (χ4v) is 3.51. The molecule has 3 aromatic rings. The molecular formula is C16H16N4O2S. The van der Waals surface area contributed by atoms with Gasteiger partial charge in [-0.2, -0.15) is 0 Å². The minimum absolute atomic E-state index is 0.321. The first-order chi connectivity index (χ1) is 11.1. The third-order valence-corrected chi connectivity index (χ3v) is 5.14. The first-order valence-corrected chi connectivity index (χ1v) is 8.55. The summed E-state index contributed by atoms with van der Waals surface area (Å²) in [6.45, 7) is 4.07. The second kappa shape index (κ2) is 5.49. The van der Waals surface area contributed by atoms with Crippen molar-refractivity contribution in [2.75, 3.05) is 0 Å². The second-order valence-electron chi connectivity index (χ2n) is 5.95. The molecule has 6 nitrogen and oxygen atoms in total. The Balaban J connectivity index is 1.69. The van der Waals surface area contributed by atoms with Crippen LogP contribution in [0.2, 0.25) is 0 Å². The van der Waals surface area contributed by atoms with Crippen LogP contribution in [-0.2, 0) is 5.75 Å². The Morgan fingerprint density at radius 1 is 1.26 bits per heavy atom. The van der Waals surface area contributed by atoms with Crippen molar-refractivity contribution in [3.8, 4) is 0 Å². The number of nitrogens with zero attached hydrogens (tertiary/aromatic N) is 4. The van der Waals surface area contributed by atoms with E-state index in [1.807, 2.05) is 17.7 Å². The molecule has 1 aliphatic rings. The van der Waals surface area contributed by atoms with Gasteiger partial charge in [0.2, 0.25) is 5.16 Å². The highest BCUT2D eigenvalue weighted by Gasteiger charge is 2.27. The predicted octanol–water partition coefficient (Wildman–Crippen LogP) is 3.02. The van der Waals surface area contributed by atoms with Crippen LogP contribution >= 0.6 is 11.8 Å². The topological polar surface area (TPSA) is 73.8 Å². The van der Waals surface area contributed by atoms with Gasteiger partial charge >= 0.3 is 5.63 Å². The summed E-state index contributed by atoms with van der Waals surface area (Å²) in [5.41, 5.74) is 3.56. The molecule has 0 saturated heterocycles. The summed E-state index contributed by atoms with van der Waals surface area (Å²) in [5, 5.41) is 13.7. The molecule has 0 aliphatic heterocycles. The molecule has 2 aromatic heterocycles. The molecule has 0 spiro atoms. The van der Waals surface area contributed by atoms with E-state index in [1.54, 1.807) is 17.8 Å². The Labute approximate surface area is 136 Å². The maximum atomic E-state index is 11.8. The average molecular weight is 328 g/mol. The lowest BCUT2D eigenvalue weighted by atomic mass is 10.0. The lowest BCUT2D eigenvalue weighted by Crippen LogP contribution is -2.02. The molecule has 0 N–H and O–H groups in total. The Bertz CT molecular complexity index is 943. The summed E-state index contributed by atoms with van der Waals surface area (Å²) in [6, 6.07) is 6.01. The third kappa shape index (κ3) is 2.76. The standard InChI is InChI=1S/C16H16N4O2S/c1-9-5-13-11(7-15(21)22-14(13)6-10(9)2)8-23-16-17-18-19-20(16)12-3-4-12/h5-7,12H,3-4,8H2,1-2H3. The van der Waals surface area contributed by atoms with Gasteiger partial charge in [-0.3, -0.25) is 0 Å². The lowest BCUT2D eigenvalue weighted by molar-refractivity contribution is 0.559. The van der Waals surface area contributed by atoms with E-state index < -0.39 is 0 Å². The van der Waals surface area contributed by atoms with Crippen LogP contribution in [0, 0.1) is 13.8 Å². The van der Waals surface area contributed by atoms with Crippen molar-refractivity contribution in [1.29, 1.82) is 0 Å². The van der Waals surface area contributed by atoms with Crippen LogP contribution in [0.3, 0.4) is 0 Å². The van der Waals surface area contributed by atoms with E-state index in [4.69, 9.17) is 4.42 Å². The number of tetrazole rings is 1. The van der Waals surface area contributed by atoms with Crippen molar-refractivity contribution in [2.24, 2.45) is 0 Å². The van der Waals surface area contributed by atoms with E-state index in [0.717, 1.165) is 34.5 Å². The molecule has 0 unspecified atom stereocenters.